The van der Waals surface area contributed by atoms with Gasteiger partial charge in [-0.3, -0.25) is 14.7 Å². The number of rotatable bonds is 6. The molecule has 8 rings (SSSR count). The van der Waals surface area contributed by atoms with Gasteiger partial charge in [-0.15, -0.1) is 0 Å². The summed E-state index contributed by atoms with van der Waals surface area (Å²) in [5, 5.41) is 12.5. The van der Waals surface area contributed by atoms with Crippen LogP contribution in [0.15, 0.2) is 73.1 Å². The van der Waals surface area contributed by atoms with E-state index in [1.807, 2.05) is 59.6 Å². The third kappa shape index (κ3) is 5.95. The third-order valence-corrected chi connectivity index (χ3v) is 9.76. The highest BCUT2D eigenvalue weighted by Gasteiger charge is 2.30. The van der Waals surface area contributed by atoms with Crippen LogP contribution in [0.5, 0.6) is 11.5 Å². The fraction of sp³-hybridized carbons (Fsp3) is 0.316. The van der Waals surface area contributed by atoms with Crippen LogP contribution in [0.25, 0.3) is 33.5 Å². The fourth-order valence-electron chi connectivity index (χ4n) is 6.91. The Morgan fingerprint density at radius 1 is 0.959 bits per heavy atom. The van der Waals surface area contributed by atoms with Gasteiger partial charge in [0.1, 0.15) is 23.8 Å². The Kier molecular flexibility index (Phi) is 7.91. The Balaban J connectivity index is 1.02. The van der Waals surface area contributed by atoms with E-state index < -0.39 is 0 Å². The van der Waals surface area contributed by atoms with E-state index >= 15 is 0 Å². The number of aromatic amines is 1. The number of hydrogen-bond donors (Lipinski definition) is 2. The van der Waals surface area contributed by atoms with E-state index in [9.17, 15) is 14.7 Å². The predicted molar refractivity (Wildman–Crippen MR) is 188 cm³/mol. The van der Waals surface area contributed by atoms with Crippen LogP contribution in [0.1, 0.15) is 40.2 Å². The molecular formula is C38H39N7O4. The Labute approximate surface area is 284 Å². The number of aromatic nitrogens is 3. The lowest BCUT2D eigenvalue weighted by atomic mass is 10.0. The molecule has 11 nitrogen and oxygen atoms in total. The zero-order chi connectivity index (χ0) is 33.6. The van der Waals surface area contributed by atoms with Gasteiger partial charge in [0.15, 0.2) is 0 Å². The Morgan fingerprint density at radius 2 is 1.80 bits per heavy atom. The minimum absolute atomic E-state index is 0.0264. The van der Waals surface area contributed by atoms with E-state index in [1.54, 1.807) is 36.2 Å². The first-order chi connectivity index (χ1) is 23.8. The molecule has 3 amide bonds. The van der Waals surface area contributed by atoms with Crippen LogP contribution < -0.4 is 9.64 Å². The molecule has 3 aromatic heterocycles. The van der Waals surface area contributed by atoms with Crippen molar-refractivity contribution in [2.24, 2.45) is 0 Å². The topological polar surface area (TPSA) is 118 Å². The number of para-hydroxylation sites is 1. The first-order valence-electron chi connectivity index (χ1n) is 16.9. The molecule has 250 valence electrons. The van der Waals surface area contributed by atoms with Crippen molar-refractivity contribution in [3.8, 4) is 34.0 Å². The van der Waals surface area contributed by atoms with E-state index in [0.29, 0.717) is 60.4 Å². The highest BCUT2D eigenvalue weighted by atomic mass is 16.5. The van der Waals surface area contributed by atoms with Gasteiger partial charge in [-0.1, -0.05) is 24.3 Å². The fourth-order valence-corrected chi connectivity index (χ4v) is 6.91. The lowest BCUT2D eigenvalue weighted by Gasteiger charge is -2.35. The van der Waals surface area contributed by atoms with Crippen LogP contribution in [-0.4, -0.2) is 100 Å². The Morgan fingerprint density at radius 3 is 2.55 bits per heavy atom. The van der Waals surface area contributed by atoms with Crippen molar-refractivity contribution in [3.63, 3.8) is 0 Å². The van der Waals surface area contributed by atoms with Crippen molar-refractivity contribution in [1.82, 2.24) is 29.7 Å². The molecule has 1 saturated carbocycles. The molecule has 2 aromatic carbocycles. The normalized spacial score (nSPS) is 16.7. The molecule has 2 N–H and O–H groups in total. The number of phenolic OH excluding ortho intramolecular Hbond substituents is 1. The number of pyridine rings is 2. The summed E-state index contributed by atoms with van der Waals surface area (Å²) in [4.78, 5) is 46.3. The number of phenols is 1. The monoisotopic (exact) mass is 657 g/mol. The number of benzene rings is 2. The van der Waals surface area contributed by atoms with Gasteiger partial charge >= 0.3 is 6.03 Å². The molecule has 5 heterocycles. The Bertz CT molecular complexity index is 2050. The summed E-state index contributed by atoms with van der Waals surface area (Å²) < 4.78 is 6.03. The van der Waals surface area contributed by atoms with Gasteiger partial charge < -0.3 is 29.5 Å². The summed E-state index contributed by atoms with van der Waals surface area (Å²) in [6.07, 6.45) is 5.96. The highest BCUT2D eigenvalue weighted by Crippen LogP contribution is 2.44. The lowest BCUT2D eigenvalue weighted by molar-refractivity contribution is 0.0989. The van der Waals surface area contributed by atoms with Gasteiger partial charge in [0, 0.05) is 70.2 Å². The average Bonchev–Trinajstić information content (AvgIpc) is 3.90. The summed E-state index contributed by atoms with van der Waals surface area (Å²) in [6, 6.07) is 19.4. The van der Waals surface area contributed by atoms with Crippen molar-refractivity contribution in [3.05, 3.63) is 89.7 Å². The van der Waals surface area contributed by atoms with Crippen LogP contribution in [-0.2, 0) is 6.54 Å². The number of amides is 3. The number of anilines is 1. The molecular weight excluding hydrogens is 618 g/mol. The smallest absolute Gasteiger partial charge is 0.319 e. The molecule has 0 atom stereocenters. The minimum Gasteiger partial charge on any atom is -0.505 e. The zero-order valence-electron chi connectivity index (χ0n) is 27.7. The van der Waals surface area contributed by atoms with E-state index in [0.717, 1.165) is 47.5 Å². The molecule has 0 unspecified atom stereocenters. The molecule has 49 heavy (non-hydrogen) atoms. The number of urea groups is 1. The highest BCUT2D eigenvalue weighted by molar-refractivity contribution is 6.10. The summed E-state index contributed by atoms with van der Waals surface area (Å²) >= 11 is 0. The molecule has 0 bridgehead atoms. The van der Waals surface area contributed by atoms with Crippen molar-refractivity contribution < 1.29 is 19.4 Å². The summed E-state index contributed by atoms with van der Waals surface area (Å²) in [6.45, 7) is 4.48. The van der Waals surface area contributed by atoms with Crippen LogP contribution in [0.3, 0.4) is 0 Å². The number of hydrogen-bond acceptors (Lipinski definition) is 7. The van der Waals surface area contributed by atoms with Crippen molar-refractivity contribution in [2.75, 3.05) is 58.3 Å². The second-order valence-electron chi connectivity index (χ2n) is 13.3. The van der Waals surface area contributed by atoms with Crippen LogP contribution in [0.2, 0.25) is 0 Å². The van der Waals surface area contributed by atoms with Crippen LogP contribution in [0, 0.1) is 0 Å². The van der Waals surface area contributed by atoms with Gasteiger partial charge in [0.2, 0.25) is 0 Å². The molecule has 1 saturated heterocycles. The van der Waals surface area contributed by atoms with Gasteiger partial charge in [-0.2, -0.15) is 0 Å². The number of ether oxygens (including phenoxy) is 1. The summed E-state index contributed by atoms with van der Waals surface area (Å²) in [5.41, 5.74) is 6.94. The zero-order valence-corrected chi connectivity index (χ0v) is 27.7. The SMILES string of the molecule is CN(C)C(=O)N1CCN(Cc2ccc(-c3cc4c(-c5cccc(N6CCOc7cc(C8CC8)ccc7C6=O)c5O)ccnc4[nH]3)nc2)CC1. The molecule has 0 radical (unpaired) electrons. The summed E-state index contributed by atoms with van der Waals surface area (Å²) in [7, 11) is 3.57. The maximum atomic E-state index is 13.8. The van der Waals surface area contributed by atoms with Crippen LogP contribution in [0.4, 0.5) is 10.5 Å². The molecule has 2 aliphatic heterocycles. The predicted octanol–water partition coefficient (Wildman–Crippen LogP) is 5.71. The molecule has 3 aliphatic rings. The quantitative estimate of drug-likeness (QED) is 0.240. The number of carbonyl (C=O) groups is 2. The van der Waals surface area contributed by atoms with Crippen molar-refractivity contribution in [2.45, 2.75) is 25.3 Å². The second kappa shape index (κ2) is 12.6. The number of piperazine rings is 1. The third-order valence-electron chi connectivity index (χ3n) is 9.76. The maximum Gasteiger partial charge on any atom is 0.319 e. The second-order valence-corrected chi connectivity index (χ2v) is 13.3. The van der Waals surface area contributed by atoms with E-state index in [-0.39, 0.29) is 17.7 Å². The summed E-state index contributed by atoms with van der Waals surface area (Å²) in [5.74, 6) is 1.01. The molecule has 5 aromatic rings. The van der Waals surface area contributed by atoms with Crippen molar-refractivity contribution in [1.29, 1.82) is 0 Å². The number of fused-ring (bicyclic) bond motifs is 2. The molecule has 11 heteroatoms. The van der Waals surface area contributed by atoms with Crippen molar-refractivity contribution >= 4 is 28.7 Å². The number of nitrogens with one attached hydrogen (secondary N) is 1. The van der Waals surface area contributed by atoms with Gasteiger partial charge in [0.25, 0.3) is 5.91 Å². The van der Waals surface area contributed by atoms with E-state index in [4.69, 9.17) is 9.72 Å². The molecule has 2 fully saturated rings. The van der Waals surface area contributed by atoms with E-state index in [1.165, 1.54) is 18.4 Å². The first-order valence-corrected chi connectivity index (χ1v) is 16.9. The number of aromatic hydroxyl groups is 1. The molecule has 1 aliphatic carbocycles. The standard InChI is InChI=1S/C38H39N7O4/c1-42(2)38(48)44-16-14-43(15-17-44)23-24-6-11-31(40-22-24)32-21-30-27(12-13-39-36(30)41-32)28-4-3-5-33(35(28)46)45-18-19-49-34-20-26(25-7-8-25)9-10-29(34)37(45)47/h3-6,9-13,20-22,25,46H,7-8,14-19,23H2,1-2H3,(H,39,41). The number of carbonyl (C=O) groups excluding carboxylic acids is 2. The number of nitrogens with zero attached hydrogens (tertiary/aromatic N) is 6. The van der Waals surface area contributed by atoms with Gasteiger partial charge in [-0.05, 0) is 71.8 Å². The van der Waals surface area contributed by atoms with E-state index in [2.05, 4.69) is 20.9 Å². The van der Waals surface area contributed by atoms with Gasteiger partial charge in [0.05, 0.1) is 29.2 Å². The largest absolute Gasteiger partial charge is 0.505 e. The average molecular weight is 658 g/mol. The Hall–Kier alpha value is -5.42. The maximum absolute atomic E-state index is 13.8. The van der Waals surface area contributed by atoms with Gasteiger partial charge in [-0.25, -0.2) is 9.78 Å². The first kappa shape index (κ1) is 30.9. The number of H-pyrrole nitrogens is 1. The molecule has 0 spiro atoms. The minimum atomic E-state index is -0.192. The lowest BCUT2D eigenvalue weighted by Crippen LogP contribution is -2.51. The van der Waals surface area contributed by atoms with Crippen LogP contribution >= 0.6 is 0 Å².